The van der Waals surface area contributed by atoms with E-state index in [1.807, 2.05) is 38.1 Å². The second-order valence-corrected chi connectivity index (χ2v) is 3.85. The van der Waals surface area contributed by atoms with Crippen LogP contribution in [-0.2, 0) is 4.79 Å². The van der Waals surface area contributed by atoms with Gasteiger partial charge in [0, 0.05) is 17.3 Å². The third kappa shape index (κ3) is 1.94. The van der Waals surface area contributed by atoms with E-state index in [4.69, 9.17) is 4.74 Å². The predicted octanol–water partition coefficient (Wildman–Crippen LogP) is 3.18. The molecule has 16 heavy (non-hydrogen) atoms. The van der Waals surface area contributed by atoms with Gasteiger partial charge in [-0.25, -0.2) is 0 Å². The normalized spacial score (nSPS) is 10.6. The van der Waals surface area contributed by atoms with Crippen molar-refractivity contribution in [1.82, 2.24) is 4.98 Å². The number of rotatable bonds is 3. The summed E-state index contributed by atoms with van der Waals surface area (Å²) in [4.78, 5) is 14.7. The molecule has 1 heterocycles. The lowest BCUT2D eigenvalue weighted by molar-refractivity contribution is -0.134. The highest BCUT2D eigenvalue weighted by Crippen LogP contribution is 2.29. The molecule has 84 valence electrons. The molecule has 0 aliphatic heterocycles. The fourth-order valence-electron chi connectivity index (χ4n) is 1.75. The highest BCUT2D eigenvalue weighted by molar-refractivity contribution is 5.90. The maximum atomic E-state index is 11.5. The van der Waals surface area contributed by atoms with Crippen molar-refractivity contribution < 1.29 is 9.53 Å². The molecular formula is C13H15NO2. The number of para-hydroxylation sites is 1. The summed E-state index contributed by atoms with van der Waals surface area (Å²) in [5.41, 5.74) is 1.89. The van der Waals surface area contributed by atoms with Crippen LogP contribution in [0.1, 0.15) is 25.5 Å². The van der Waals surface area contributed by atoms with Crippen molar-refractivity contribution in [2.45, 2.75) is 26.7 Å². The van der Waals surface area contributed by atoms with Crippen LogP contribution in [0.5, 0.6) is 5.75 Å². The molecular weight excluding hydrogens is 202 g/mol. The molecule has 0 amide bonds. The van der Waals surface area contributed by atoms with Gasteiger partial charge in [-0.3, -0.25) is 4.79 Å². The van der Waals surface area contributed by atoms with Crippen LogP contribution >= 0.6 is 0 Å². The number of carbonyl (C=O) groups is 1. The zero-order valence-electron chi connectivity index (χ0n) is 9.54. The van der Waals surface area contributed by atoms with Crippen LogP contribution in [0.3, 0.4) is 0 Å². The first-order chi connectivity index (χ1) is 7.72. The van der Waals surface area contributed by atoms with E-state index in [-0.39, 0.29) is 5.97 Å². The molecule has 0 fully saturated rings. The summed E-state index contributed by atoms with van der Waals surface area (Å²) in [6, 6.07) is 7.82. The van der Waals surface area contributed by atoms with Crippen molar-refractivity contribution in [2.24, 2.45) is 0 Å². The fraction of sp³-hybridized carbons (Fsp3) is 0.308. The topological polar surface area (TPSA) is 42.1 Å². The minimum Gasteiger partial charge on any atom is -0.424 e. The van der Waals surface area contributed by atoms with E-state index >= 15 is 0 Å². The van der Waals surface area contributed by atoms with Crippen molar-refractivity contribution in [3.8, 4) is 5.75 Å². The molecule has 0 radical (unpaired) electrons. The first-order valence-corrected chi connectivity index (χ1v) is 5.50. The Bertz CT molecular complexity index is 514. The number of H-pyrrole nitrogens is 1. The number of aromatic amines is 1. The van der Waals surface area contributed by atoms with E-state index in [2.05, 4.69) is 4.98 Å². The largest absolute Gasteiger partial charge is 0.424 e. The van der Waals surface area contributed by atoms with Gasteiger partial charge in [-0.1, -0.05) is 19.1 Å². The Labute approximate surface area is 94.4 Å². The summed E-state index contributed by atoms with van der Waals surface area (Å²) in [7, 11) is 0. The molecule has 0 aliphatic carbocycles. The van der Waals surface area contributed by atoms with Crippen LogP contribution in [0.4, 0.5) is 0 Å². The van der Waals surface area contributed by atoms with Crippen molar-refractivity contribution in [3.63, 3.8) is 0 Å². The maximum Gasteiger partial charge on any atom is 0.311 e. The molecule has 2 aromatic rings. The zero-order valence-corrected chi connectivity index (χ0v) is 9.54. The van der Waals surface area contributed by atoms with E-state index in [0.29, 0.717) is 12.2 Å². The van der Waals surface area contributed by atoms with Gasteiger partial charge in [-0.15, -0.1) is 0 Å². The van der Waals surface area contributed by atoms with Crippen molar-refractivity contribution in [2.75, 3.05) is 0 Å². The SMILES string of the molecule is CCCC(=O)Oc1c(C)[nH]c2ccccc12. The minimum atomic E-state index is -0.171. The fourth-order valence-corrected chi connectivity index (χ4v) is 1.75. The third-order valence-corrected chi connectivity index (χ3v) is 2.50. The summed E-state index contributed by atoms with van der Waals surface area (Å²) < 4.78 is 5.37. The molecule has 0 saturated carbocycles. The molecule has 1 aromatic heterocycles. The van der Waals surface area contributed by atoms with Crippen molar-refractivity contribution in [1.29, 1.82) is 0 Å². The number of aromatic nitrogens is 1. The quantitative estimate of drug-likeness (QED) is 0.802. The average molecular weight is 217 g/mol. The van der Waals surface area contributed by atoms with Crippen LogP contribution < -0.4 is 4.74 Å². The standard InChI is InChI=1S/C13H15NO2/c1-3-6-12(15)16-13-9(2)14-11-8-5-4-7-10(11)13/h4-5,7-8,14H,3,6H2,1-2H3. The zero-order chi connectivity index (χ0) is 11.5. The first-order valence-electron chi connectivity index (χ1n) is 5.50. The van der Waals surface area contributed by atoms with Crippen molar-refractivity contribution in [3.05, 3.63) is 30.0 Å². The van der Waals surface area contributed by atoms with Gasteiger partial charge >= 0.3 is 5.97 Å². The van der Waals surface area contributed by atoms with Gasteiger partial charge < -0.3 is 9.72 Å². The summed E-state index contributed by atoms with van der Waals surface area (Å²) in [5.74, 6) is 0.490. The maximum absolute atomic E-state index is 11.5. The average Bonchev–Trinajstić information content (AvgIpc) is 2.56. The molecule has 2 rings (SSSR count). The van der Waals surface area contributed by atoms with E-state index in [1.165, 1.54) is 0 Å². The van der Waals surface area contributed by atoms with Crippen LogP contribution in [0.2, 0.25) is 0 Å². The molecule has 3 heteroatoms. The van der Waals surface area contributed by atoms with E-state index in [9.17, 15) is 4.79 Å². The monoisotopic (exact) mass is 217 g/mol. The van der Waals surface area contributed by atoms with Crippen LogP contribution in [0.15, 0.2) is 24.3 Å². The van der Waals surface area contributed by atoms with E-state index in [1.54, 1.807) is 0 Å². The Morgan fingerprint density at radius 2 is 2.12 bits per heavy atom. The van der Waals surface area contributed by atoms with E-state index < -0.39 is 0 Å². The van der Waals surface area contributed by atoms with Gasteiger partial charge in [0.1, 0.15) is 0 Å². The second-order valence-electron chi connectivity index (χ2n) is 3.85. The number of esters is 1. The Hall–Kier alpha value is -1.77. The Morgan fingerprint density at radius 3 is 2.88 bits per heavy atom. The van der Waals surface area contributed by atoms with Crippen molar-refractivity contribution >= 4 is 16.9 Å². The summed E-state index contributed by atoms with van der Waals surface area (Å²) >= 11 is 0. The molecule has 3 nitrogen and oxygen atoms in total. The lowest BCUT2D eigenvalue weighted by atomic mass is 10.2. The first kappa shape index (κ1) is 10.7. The van der Waals surface area contributed by atoms with Crippen LogP contribution in [-0.4, -0.2) is 11.0 Å². The van der Waals surface area contributed by atoms with Crippen LogP contribution in [0, 0.1) is 6.92 Å². The Kier molecular flexibility index (Phi) is 2.95. The highest BCUT2D eigenvalue weighted by atomic mass is 16.5. The minimum absolute atomic E-state index is 0.171. The molecule has 0 unspecified atom stereocenters. The summed E-state index contributed by atoms with van der Waals surface area (Å²) in [5, 5.41) is 0.962. The number of ether oxygens (including phenoxy) is 1. The number of aryl methyl sites for hydroxylation is 1. The summed E-state index contributed by atoms with van der Waals surface area (Å²) in [6.45, 7) is 3.87. The third-order valence-electron chi connectivity index (χ3n) is 2.50. The number of benzene rings is 1. The van der Waals surface area contributed by atoms with Gasteiger partial charge in [0.25, 0.3) is 0 Å². The van der Waals surface area contributed by atoms with Crippen LogP contribution in [0.25, 0.3) is 10.9 Å². The molecule has 0 saturated heterocycles. The number of hydrogen-bond donors (Lipinski definition) is 1. The van der Waals surface area contributed by atoms with E-state index in [0.717, 1.165) is 23.0 Å². The summed E-state index contributed by atoms with van der Waals surface area (Å²) in [6.07, 6.45) is 1.26. The number of carbonyl (C=O) groups excluding carboxylic acids is 1. The predicted molar refractivity (Wildman–Crippen MR) is 63.6 cm³/mol. The Morgan fingerprint density at radius 1 is 1.38 bits per heavy atom. The molecule has 0 bridgehead atoms. The number of nitrogens with one attached hydrogen (secondary N) is 1. The molecule has 1 aromatic carbocycles. The van der Waals surface area contributed by atoms with Gasteiger partial charge in [-0.05, 0) is 25.5 Å². The molecule has 0 spiro atoms. The van der Waals surface area contributed by atoms with Gasteiger partial charge in [-0.2, -0.15) is 0 Å². The molecule has 0 aliphatic rings. The lowest BCUT2D eigenvalue weighted by Gasteiger charge is -2.02. The van der Waals surface area contributed by atoms with Gasteiger partial charge in [0.05, 0.1) is 5.69 Å². The molecule has 0 atom stereocenters. The van der Waals surface area contributed by atoms with Gasteiger partial charge in [0.2, 0.25) is 0 Å². The number of fused-ring (bicyclic) bond motifs is 1. The number of hydrogen-bond acceptors (Lipinski definition) is 2. The smallest absolute Gasteiger partial charge is 0.311 e. The highest BCUT2D eigenvalue weighted by Gasteiger charge is 2.12. The lowest BCUT2D eigenvalue weighted by Crippen LogP contribution is -2.07. The van der Waals surface area contributed by atoms with Gasteiger partial charge in [0.15, 0.2) is 5.75 Å². The molecule has 1 N–H and O–H groups in total. The Balaban J connectivity index is 2.36. The second kappa shape index (κ2) is 4.39.